The van der Waals surface area contributed by atoms with Crippen LogP contribution in [0.4, 0.5) is 21.0 Å². The highest BCUT2D eigenvalue weighted by Gasteiger charge is 2.64. The van der Waals surface area contributed by atoms with Crippen LogP contribution in [0.1, 0.15) is 123 Å². The van der Waals surface area contributed by atoms with Crippen LogP contribution in [0.2, 0.25) is 5.02 Å². The number of Topliss-reactive ketones (excluding diaryl/α,β-unsaturated/α-hetero) is 1. The molecule has 0 spiro atoms. The zero-order valence-electron chi connectivity index (χ0n) is 49.8. The van der Waals surface area contributed by atoms with E-state index < -0.39 is 83.9 Å². The highest BCUT2D eigenvalue weighted by molar-refractivity contribution is 7.80. The summed E-state index contributed by atoms with van der Waals surface area (Å²) in [5.41, 5.74) is 5.00. The summed E-state index contributed by atoms with van der Waals surface area (Å²) in [6, 6.07) is 6.56. The number of anilines is 2. The normalized spacial score (nSPS) is 26.2. The monoisotopic (exact) mass is 1210 g/mol. The molecule has 0 aromatic heterocycles. The number of halogens is 1. The van der Waals surface area contributed by atoms with Crippen LogP contribution in [0.3, 0.4) is 0 Å². The number of carbonyl (C=O) groups is 8. The molecule has 84 heavy (non-hydrogen) atoms. The third-order valence-corrected chi connectivity index (χ3v) is 17.2. The number of allylic oxidation sites excluding steroid dienone is 3. The van der Waals surface area contributed by atoms with Crippen LogP contribution in [-0.2, 0) is 60.6 Å². The number of ether oxygens (including phenoxy) is 6. The summed E-state index contributed by atoms with van der Waals surface area (Å²) >= 11 is 12.6. The van der Waals surface area contributed by atoms with Gasteiger partial charge in [0.25, 0.3) is 0 Å². The van der Waals surface area contributed by atoms with Crippen molar-refractivity contribution >= 4 is 87.6 Å². The van der Waals surface area contributed by atoms with Gasteiger partial charge in [-0.05, 0) is 105 Å². The number of ketones is 1. The number of thiocarbonyl (C=S) groups is 1. The van der Waals surface area contributed by atoms with E-state index in [0.717, 1.165) is 24.0 Å². The summed E-state index contributed by atoms with van der Waals surface area (Å²) in [6.07, 6.45) is 3.86. The van der Waals surface area contributed by atoms with Crippen molar-refractivity contribution in [2.75, 3.05) is 51.7 Å². The number of rotatable bonds is 23. The molecule has 3 saturated heterocycles. The summed E-state index contributed by atoms with van der Waals surface area (Å²) in [5, 5.41) is 20.4. The number of unbranched alkanes of at least 4 members (excludes halogenated alkanes) is 2. The van der Waals surface area contributed by atoms with E-state index in [1.165, 1.54) is 37.2 Å². The van der Waals surface area contributed by atoms with E-state index in [1.807, 2.05) is 26.8 Å². The number of carbonyl (C=O) groups excluding carboxylic acids is 8. The molecule has 3 fully saturated rings. The first-order valence-corrected chi connectivity index (χ1v) is 29.5. The molecule has 0 radical (unpaired) electrons. The summed E-state index contributed by atoms with van der Waals surface area (Å²) in [7, 11) is 5.85. The van der Waals surface area contributed by atoms with Gasteiger partial charge in [-0.2, -0.15) is 0 Å². The standard InChI is InChI=1S/C61H83ClN6O15S/c1-34(2)41(30-40(84)17-12-11-13-23-68-52(71)25-36(4)57(68)74)56(73)65-42(18-15-22-64-58(63)75)45(69)27-38-20-21-43(46(28-38)78-8)66-59(76)82-50-31-51(70)67(7)44-26-39(29-47(79-9)54(44)62)24-35(3)16-14-19-49(80-10)61(77)32-48(81-53(72)33-61)37(5)55-60(50,6)83-55/h14,16,19-21,26,28-29,34,36-37,41-42,48-50,55,77H,11-13,15,17-18,22-25,27,30-33H2,1-10H3,(H,65,73)(H,66,76)(H3,63,64,75)/b19-14+,35-16+/t36?,37-,41+,42+,48+,49-,50+,55+,60+,61-/m1/s1. The first-order valence-electron chi connectivity index (χ1n) is 28.7. The van der Waals surface area contributed by atoms with Gasteiger partial charge < -0.3 is 54.8 Å². The highest BCUT2D eigenvalue weighted by atomic mass is 35.5. The molecule has 0 aliphatic carbocycles. The van der Waals surface area contributed by atoms with Crippen LogP contribution in [0.25, 0.3) is 0 Å². The van der Waals surface area contributed by atoms with Crippen molar-refractivity contribution in [3.05, 3.63) is 70.3 Å². The smallest absolute Gasteiger partial charge is 0.412 e. The molecule has 7 amide bonds. The molecule has 6 N–H and O–H groups in total. The molecular formula is C61H83ClN6O15S. The molecule has 4 heterocycles. The number of nitrogens with one attached hydrogen (secondary N) is 3. The number of methoxy groups -OCH3 is 3. The van der Waals surface area contributed by atoms with Crippen molar-refractivity contribution < 1.29 is 71.9 Å². The van der Waals surface area contributed by atoms with Crippen LogP contribution >= 0.6 is 23.8 Å². The molecule has 4 bridgehead atoms. The van der Waals surface area contributed by atoms with Crippen LogP contribution < -0.4 is 36.1 Å². The fraction of sp³-hybridized carbons (Fsp3) is 0.590. The first-order chi connectivity index (χ1) is 39.7. The maximum absolute atomic E-state index is 14.5. The lowest BCUT2D eigenvalue weighted by atomic mass is 9.78. The Balaban J connectivity index is 1.18. The lowest BCUT2D eigenvalue weighted by molar-refractivity contribution is -0.187. The van der Waals surface area contributed by atoms with E-state index in [9.17, 15) is 43.5 Å². The number of nitrogens with zero attached hydrogens (tertiary/aromatic N) is 2. The summed E-state index contributed by atoms with van der Waals surface area (Å²) in [4.78, 5) is 110. The predicted molar refractivity (Wildman–Crippen MR) is 319 cm³/mol. The molecular weight excluding hydrogens is 1120 g/mol. The lowest BCUT2D eigenvalue weighted by Gasteiger charge is -2.41. The van der Waals surface area contributed by atoms with E-state index in [2.05, 4.69) is 16.0 Å². The molecule has 6 rings (SSSR count). The van der Waals surface area contributed by atoms with Crippen molar-refractivity contribution in [1.29, 1.82) is 0 Å². The second-order valence-electron chi connectivity index (χ2n) is 23.2. The Bertz CT molecular complexity index is 2870. The largest absolute Gasteiger partial charge is 0.495 e. The number of amides is 7. The maximum atomic E-state index is 14.5. The fourth-order valence-corrected chi connectivity index (χ4v) is 12.0. The van der Waals surface area contributed by atoms with E-state index in [4.69, 9.17) is 58.0 Å². The zero-order chi connectivity index (χ0) is 61.8. The SMILES string of the molecule is COc1cc(CC(=O)[C@H](CCCNC(N)=O)NC(=O)[C@@H](CC(=S)CCCCCN2C(=O)CC(C)C2=O)C(C)C)ccc1NC(=O)O[C@H]1CC(=O)N(C)c2cc(cc(OC)c2Cl)C/C(C)=C/C=C/[C@@H](OC)[C@]2(O)CC(=O)O[C@@H](C2)[C@@H](C)[C@@H]2O[C@@]12C. The molecule has 0 saturated carbocycles. The zero-order valence-corrected chi connectivity index (χ0v) is 51.4. The number of epoxide rings is 1. The Morgan fingerprint density at radius 2 is 1.70 bits per heavy atom. The van der Waals surface area contributed by atoms with Crippen LogP contribution in [0.5, 0.6) is 11.5 Å². The Hall–Kier alpha value is -6.46. The predicted octanol–water partition coefficient (Wildman–Crippen LogP) is 7.66. The minimum absolute atomic E-state index is 0.00262. The number of esters is 1. The molecule has 23 heteroatoms. The van der Waals surface area contributed by atoms with E-state index in [0.29, 0.717) is 60.5 Å². The molecule has 4 aliphatic rings. The summed E-state index contributed by atoms with van der Waals surface area (Å²) in [5.74, 6) is -3.16. The second kappa shape index (κ2) is 29.6. The molecule has 4 aliphatic heterocycles. The molecule has 10 atom stereocenters. The Morgan fingerprint density at radius 3 is 2.36 bits per heavy atom. The fourth-order valence-electron chi connectivity index (χ4n) is 11.3. The average Bonchev–Trinajstić information content (AvgIpc) is 3.03. The topological polar surface area (TPSA) is 284 Å². The van der Waals surface area contributed by atoms with Gasteiger partial charge in [-0.15, -0.1) is 0 Å². The number of benzene rings is 2. The number of primary amides is 1. The molecule has 1 unspecified atom stereocenters. The number of hydrogen-bond donors (Lipinski definition) is 5. The number of fused-ring (bicyclic) bond motifs is 5. The van der Waals surface area contributed by atoms with Crippen molar-refractivity contribution in [3.63, 3.8) is 0 Å². The lowest BCUT2D eigenvalue weighted by Crippen LogP contribution is -2.53. The van der Waals surface area contributed by atoms with Crippen molar-refractivity contribution in [1.82, 2.24) is 15.5 Å². The maximum Gasteiger partial charge on any atom is 0.412 e. The average molecular weight is 1210 g/mol. The number of likely N-dealkylation sites (tertiary alicyclic amines) is 1. The van der Waals surface area contributed by atoms with Gasteiger partial charge in [-0.25, -0.2) is 9.59 Å². The molecule has 21 nitrogen and oxygen atoms in total. The van der Waals surface area contributed by atoms with E-state index in [-0.39, 0.29) is 90.4 Å². The summed E-state index contributed by atoms with van der Waals surface area (Å²) < 4.78 is 35.4. The van der Waals surface area contributed by atoms with Crippen LogP contribution in [0, 0.1) is 23.7 Å². The second-order valence-corrected chi connectivity index (χ2v) is 24.2. The number of hydrogen-bond acceptors (Lipinski definition) is 16. The van der Waals surface area contributed by atoms with Crippen molar-refractivity contribution in [3.8, 4) is 11.5 Å². The quantitative estimate of drug-likeness (QED) is 0.0235. The van der Waals surface area contributed by atoms with Gasteiger partial charge >= 0.3 is 18.1 Å². The Labute approximate surface area is 502 Å². The van der Waals surface area contributed by atoms with Gasteiger partial charge in [0.2, 0.25) is 23.6 Å². The van der Waals surface area contributed by atoms with Gasteiger partial charge in [-0.3, -0.25) is 39.0 Å². The number of imide groups is 1. The summed E-state index contributed by atoms with van der Waals surface area (Å²) in [6.45, 7) is 11.5. The number of aliphatic hydroxyl groups is 1. The van der Waals surface area contributed by atoms with Crippen molar-refractivity contribution in [2.45, 2.75) is 167 Å². The van der Waals surface area contributed by atoms with E-state index >= 15 is 0 Å². The molecule has 2 aromatic carbocycles. The minimum Gasteiger partial charge on any atom is -0.495 e. The first kappa shape index (κ1) is 66.7. The molecule has 2 aromatic rings. The molecule has 460 valence electrons. The van der Waals surface area contributed by atoms with Gasteiger partial charge in [0.05, 0.1) is 50.6 Å². The van der Waals surface area contributed by atoms with Gasteiger partial charge in [-0.1, -0.05) is 87.8 Å². The van der Waals surface area contributed by atoms with Gasteiger partial charge in [0.1, 0.15) is 46.0 Å². The van der Waals surface area contributed by atoms with Crippen LogP contribution in [0.15, 0.2) is 54.1 Å². The minimum atomic E-state index is -1.65. The highest BCUT2D eigenvalue weighted by Crippen LogP contribution is 2.50. The Morgan fingerprint density at radius 1 is 0.976 bits per heavy atom. The van der Waals surface area contributed by atoms with Crippen molar-refractivity contribution in [2.24, 2.45) is 29.4 Å². The van der Waals surface area contributed by atoms with Crippen LogP contribution in [-0.4, -0.2) is 146 Å². The third kappa shape index (κ3) is 17.1. The van der Waals surface area contributed by atoms with E-state index in [1.54, 1.807) is 64.2 Å². The number of nitrogens with two attached hydrogens (primary N) is 1. The van der Waals surface area contributed by atoms with Gasteiger partial charge in [0.15, 0.2) is 5.78 Å². The van der Waals surface area contributed by atoms with Gasteiger partial charge in [0, 0.05) is 64.3 Å². The third-order valence-electron chi connectivity index (χ3n) is 16.4. The number of urea groups is 1. The Kier molecular flexibility index (Phi) is 23.5.